The second-order valence-electron chi connectivity index (χ2n) is 7.16. The van der Waals surface area contributed by atoms with E-state index in [1.807, 2.05) is 11.0 Å². The molecule has 0 spiro atoms. The number of hydrogen-bond acceptors (Lipinski definition) is 7. The van der Waals surface area contributed by atoms with Crippen molar-refractivity contribution in [1.82, 2.24) is 25.3 Å². The molecule has 0 unspecified atom stereocenters. The van der Waals surface area contributed by atoms with Gasteiger partial charge in [0.25, 0.3) is 11.4 Å². The third-order valence-corrected chi connectivity index (χ3v) is 7.00. The third-order valence-electron chi connectivity index (χ3n) is 5.50. The molecule has 2 aromatic rings. The summed E-state index contributed by atoms with van der Waals surface area (Å²) in [5, 5.41) is 7.32. The van der Waals surface area contributed by atoms with Gasteiger partial charge in [0.2, 0.25) is 11.7 Å². The monoisotopic (exact) mass is 373 g/mol. The number of aromatic nitrogens is 3. The van der Waals surface area contributed by atoms with Crippen molar-refractivity contribution in [3.63, 3.8) is 0 Å². The summed E-state index contributed by atoms with van der Waals surface area (Å²) in [6, 6.07) is 1.61. The molecule has 0 bridgehead atoms. The van der Waals surface area contributed by atoms with Gasteiger partial charge in [0, 0.05) is 37.4 Å². The lowest BCUT2D eigenvalue weighted by Gasteiger charge is -2.28. The van der Waals surface area contributed by atoms with E-state index >= 15 is 0 Å². The molecule has 26 heavy (non-hydrogen) atoms. The van der Waals surface area contributed by atoms with Gasteiger partial charge >= 0.3 is 0 Å². The minimum atomic E-state index is -0.223. The Labute approximate surface area is 153 Å². The molecule has 2 N–H and O–H groups in total. The Kier molecular flexibility index (Phi) is 3.51. The Morgan fingerprint density at radius 2 is 2.27 bits per heavy atom. The van der Waals surface area contributed by atoms with Gasteiger partial charge in [-0.25, -0.2) is 0 Å². The zero-order valence-corrected chi connectivity index (χ0v) is 15.2. The fraction of sp³-hybridized carbons (Fsp3) is 0.529. The number of hydrogen-bond donors (Lipinski definition) is 2. The molecule has 5 rings (SSSR count). The molecule has 3 aliphatic rings. The highest BCUT2D eigenvalue weighted by atomic mass is 32.2. The number of pyridine rings is 1. The number of amides is 1. The highest BCUT2D eigenvalue weighted by Gasteiger charge is 2.52. The van der Waals surface area contributed by atoms with Gasteiger partial charge in [0.1, 0.15) is 6.04 Å². The standard InChI is InChI=1S/C17H19N5O3S/c1-17-4-2-13(23)22(17)12(8-26-17)16-20-14(21-25-16)10-6-9-7-18-5-3-11(9)19-15(10)24/h6,12,18H,2-5,7-8H2,1H3,(H,19,24)/t12-,17-/m0/s1. The topological polar surface area (TPSA) is 104 Å². The average molecular weight is 373 g/mol. The van der Waals surface area contributed by atoms with Crippen LogP contribution >= 0.6 is 11.8 Å². The Morgan fingerprint density at radius 1 is 1.38 bits per heavy atom. The van der Waals surface area contributed by atoms with Crippen molar-refractivity contribution < 1.29 is 9.32 Å². The van der Waals surface area contributed by atoms with Gasteiger partial charge < -0.3 is 19.7 Å². The van der Waals surface area contributed by atoms with Gasteiger partial charge in [0.15, 0.2) is 0 Å². The van der Waals surface area contributed by atoms with Crippen LogP contribution in [0.5, 0.6) is 0 Å². The molecule has 5 heterocycles. The Hall–Kier alpha value is -2.13. The minimum Gasteiger partial charge on any atom is -0.337 e. The first kappa shape index (κ1) is 16.1. The van der Waals surface area contributed by atoms with Gasteiger partial charge in [-0.15, -0.1) is 11.8 Å². The smallest absolute Gasteiger partial charge is 0.259 e. The normalized spacial score (nSPS) is 27.7. The zero-order valence-electron chi connectivity index (χ0n) is 14.4. The van der Waals surface area contributed by atoms with Crippen LogP contribution in [0.25, 0.3) is 11.4 Å². The van der Waals surface area contributed by atoms with Gasteiger partial charge in [-0.05, 0) is 25.0 Å². The molecule has 0 saturated carbocycles. The highest BCUT2D eigenvalue weighted by molar-refractivity contribution is 8.00. The molecule has 2 aromatic heterocycles. The first-order valence-corrected chi connectivity index (χ1v) is 9.80. The number of aromatic amines is 1. The molecule has 9 heteroatoms. The van der Waals surface area contributed by atoms with Gasteiger partial charge in [-0.2, -0.15) is 4.98 Å². The maximum Gasteiger partial charge on any atom is 0.259 e. The molecule has 8 nitrogen and oxygen atoms in total. The fourth-order valence-corrected chi connectivity index (χ4v) is 5.50. The molecular weight excluding hydrogens is 354 g/mol. The van der Waals surface area contributed by atoms with Crippen molar-refractivity contribution >= 4 is 17.7 Å². The largest absolute Gasteiger partial charge is 0.337 e. The number of carbonyl (C=O) groups excluding carboxylic acids is 1. The maximum absolute atomic E-state index is 12.4. The SMILES string of the molecule is C[C@]12CCC(=O)N1[C@H](c1nc(-c3cc4c([nH]c3=O)CCNC4)no1)CS2. The Balaban J connectivity index is 1.50. The second-order valence-corrected chi connectivity index (χ2v) is 8.67. The minimum absolute atomic E-state index is 0.125. The number of fused-ring (bicyclic) bond motifs is 2. The first-order valence-electron chi connectivity index (χ1n) is 8.81. The van der Waals surface area contributed by atoms with Crippen molar-refractivity contribution in [3.05, 3.63) is 33.6 Å². The van der Waals surface area contributed by atoms with Crippen LogP contribution in [-0.4, -0.2) is 43.1 Å². The Morgan fingerprint density at radius 3 is 3.15 bits per heavy atom. The van der Waals surface area contributed by atoms with Gasteiger partial charge in [-0.1, -0.05) is 5.16 Å². The molecule has 2 fully saturated rings. The molecule has 2 atom stereocenters. The van der Waals surface area contributed by atoms with Crippen molar-refractivity contribution in [3.8, 4) is 11.4 Å². The van der Waals surface area contributed by atoms with Crippen LogP contribution in [0.1, 0.15) is 43.0 Å². The van der Waals surface area contributed by atoms with Crippen LogP contribution in [0.4, 0.5) is 0 Å². The van der Waals surface area contributed by atoms with Gasteiger partial charge in [-0.3, -0.25) is 9.59 Å². The summed E-state index contributed by atoms with van der Waals surface area (Å²) >= 11 is 1.75. The number of carbonyl (C=O) groups is 1. The van der Waals surface area contributed by atoms with E-state index in [0.29, 0.717) is 24.4 Å². The van der Waals surface area contributed by atoms with Crippen LogP contribution in [-0.2, 0) is 17.8 Å². The van der Waals surface area contributed by atoms with Crippen LogP contribution in [0.15, 0.2) is 15.4 Å². The zero-order chi connectivity index (χ0) is 17.9. The number of thioether (sulfide) groups is 1. The van der Waals surface area contributed by atoms with Crippen LogP contribution < -0.4 is 10.9 Å². The lowest BCUT2D eigenvalue weighted by molar-refractivity contribution is -0.131. The van der Waals surface area contributed by atoms with E-state index in [2.05, 4.69) is 27.4 Å². The number of H-pyrrole nitrogens is 1. The summed E-state index contributed by atoms with van der Waals surface area (Å²) < 4.78 is 5.47. The summed E-state index contributed by atoms with van der Waals surface area (Å²) in [4.78, 5) is 33.8. The Bertz CT molecular complexity index is 954. The molecular formula is C17H19N5O3S. The highest BCUT2D eigenvalue weighted by Crippen LogP contribution is 2.52. The number of nitrogens with zero attached hydrogens (tertiary/aromatic N) is 3. The summed E-state index contributed by atoms with van der Waals surface area (Å²) in [6.07, 6.45) is 2.20. The lowest BCUT2D eigenvalue weighted by Crippen LogP contribution is -2.37. The lowest BCUT2D eigenvalue weighted by atomic mass is 10.0. The summed E-state index contributed by atoms with van der Waals surface area (Å²) in [5.41, 5.74) is 2.22. The fourth-order valence-electron chi connectivity index (χ4n) is 4.08. The van der Waals surface area contributed by atoms with E-state index < -0.39 is 0 Å². The van der Waals surface area contributed by atoms with E-state index in [1.165, 1.54) is 0 Å². The average Bonchev–Trinajstić information content (AvgIpc) is 3.30. The first-order chi connectivity index (χ1) is 12.5. The van der Waals surface area contributed by atoms with Crippen molar-refractivity contribution in [2.45, 2.75) is 43.6 Å². The summed E-state index contributed by atoms with van der Waals surface area (Å²) in [6.45, 7) is 3.65. The number of rotatable bonds is 2. The van der Waals surface area contributed by atoms with E-state index in [4.69, 9.17) is 4.52 Å². The van der Waals surface area contributed by atoms with Gasteiger partial charge in [0.05, 0.1) is 10.4 Å². The molecule has 0 aromatic carbocycles. The maximum atomic E-state index is 12.4. The number of nitrogens with one attached hydrogen (secondary N) is 2. The predicted octanol–water partition coefficient (Wildman–Crippen LogP) is 1.20. The van der Waals surface area contributed by atoms with Crippen molar-refractivity contribution in [2.24, 2.45) is 0 Å². The van der Waals surface area contributed by atoms with E-state index in [1.54, 1.807) is 11.8 Å². The molecule has 2 saturated heterocycles. The van der Waals surface area contributed by atoms with E-state index in [-0.39, 0.29) is 28.2 Å². The van der Waals surface area contributed by atoms with Crippen LogP contribution in [0, 0.1) is 0 Å². The quantitative estimate of drug-likeness (QED) is 0.815. The van der Waals surface area contributed by atoms with Crippen LogP contribution in [0.2, 0.25) is 0 Å². The summed E-state index contributed by atoms with van der Waals surface area (Å²) in [7, 11) is 0. The molecule has 0 aliphatic carbocycles. The summed E-state index contributed by atoms with van der Waals surface area (Å²) in [5.74, 6) is 1.54. The van der Waals surface area contributed by atoms with E-state index in [0.717, 1.165) is 36.4 Å². The predicted molar refractivity (Wildman–Crippen MR) is 95.4 cm³/mol. The molecule has 3 aliphatic heterocycles. The molecule has 1 amide bonds. The third kappa shape index (κ3) is 2.34. The van der Waals surface area contributed by atoms with Crippen molar-refractivity contribution in [2.75, 3.05) is 12.3 Å². The van der Waals surface area contributed by atoms with E-state index in [9.17, 15) is 9.59 Å². The molecule has 0 radical (unpaired) electrons. The van der Waals surface area contributed by atoms with Crippen LogP contribution in [0.3, 0.4) is 0 Å². The van der Waals surface area contributed by atoms with Crippen molar-refractivity contribution in [1.29, 1.82) is 0 Å². The second kappa shape index (κ2) is 5.68. The molecule has 136 valence electrons.